The lowest BCUT2D eigenvalue weighted by molar-refractivity contribution is 0.0170. The standard InChI is InChI=1S/C22H38N2O2/c1-8-10-14-23-20-16-19(13-12-17(20)3)18(4)24(15-11-9-2)21(25)26-22(5,6)7/h12-13,16,18,23H,8-11,14-15H2,1-7H3/t18-/m1/s1. The first kappa shape index (κ1) is 22.3. The van der Waals surface area contributed by atoms with E-state index in [0.717, 1.165) is 37.1 Å². The Hall–Kier alpha value is -1.71. The van der Waals surface area contributed by atoms with Gasteiger partial charge in [-0.25, -0.2) is 4.79 Å². The summed E-state index contributed by atoms with van der Waals surface area (Å²) in [6.07, 6.45) is 4.10. The highest BCUT2D eigenvalue weighted by Crippen LogP contribution is 2.27. The Labute approximate surface area is 160 Å². The number of carbonyl (C=O) groups is 1. The summed E-state index contributed by atoms with van der Waals surface area (Å²) >= 11 is 0. The second kappa shape index (κ2) is 10.4. The van der Waals surface area contributed by atoms with Crippen LogP contribution in [-0.4, -0.2) is 29.7 Å². The summed E-state index contributed by atoms with van der Waals surface area (Å²) in [5.41, 5.74) is 3.04. The zero-order chi connectivity index (χ0) is 19.7. The Kier molecular flexibility index (Phi) is 8.97. The van der Waals surface area contributed by atoms with Gasteiger partial charge >= 0.3 is 6.09 Å². The van der Waals surface area contributed by atoms with Crippen LogP contribution in [-0.2, 0) is 4.74 Å². The van der Waals surface area contributed by atoms with Crippen molar-refractivity contribution in [2.24, 2.45) is 0 Å². The molecule has 4 heteroatoms. The Balaban J connectivity index is 3.00. The number of hydrogen-bond donors (Lipinski definition) is 1. The zero-order valence-corrected chi connectivity index (χ0v) is 17.8. The van der Waals surface area contributed by atoms with Crippen LogP contribution in [0.25, 0.3) is 0 Å². The van der Waals surface area contributed by atoms with E-state index in [4.69, 9.17) is 4.74 Å². The molecule has 0 unspecified atom stereocenters. The van der Waals surface area contributed by atoms with Crippen molar-refractivity contribution in [3.8, 4) is 0 Å². The number of anilines is 1. The molecule has 0 heterocycles. The van der Waals surface area contributed by atoms with Gasteiger partial charge < -0.3 is 15.0 Å². The van der Waals surface area contributed by atoms with Gasteiger partial charge in [-0.05, 0) is 64.7 Å². The molecule has 0 aliphatic rings. The van der Waals surface area contributed by atoms with Crippen LogP contribution >= 0.6 is 0 Å². The zero-order valence-electron chi connectivity index (χ0n) is 17.8. The van der Waals surface area contributed by atoms with Crippen LogP contribution in [0.2, 0.25) is 0 Å². The number of nitrogens with one attached hydrogen (secondary N) is 1. The number of rotatable bonds is 9. The fraction of sp³-hybridized carbons (Fsp3) is 0.682. The molecule has 1 aromatic carbocycles. The highest BCUT2D eigenvalue weighted by Gasteiger charge is 2.26. The fourth-order valence-corrected chi connectivity index (χ4v) is 2.76. The van der Waals surface area contributed by atoms with Gasteiger partial charge in [-0.1, -0.05) is 38.8 Å². The molecule has 0 saturated heterocycles. The lowest BCUT2D eigenvalue weighted by Gasteiger charge is -2.32. The Morgan fingerprint density at radius 2 is 1.85 bits per heavy atom. The van der Waals surface area contributed by atoms with Crippen molar-refractivity contribution in [1.29, 1.82) is 0 Å². The molecule has 0 saturated carbocycles. The van der Waals surface area contributed by atoms with Crippen LogP contribution in [0.5, 0.6) is 0 Å². The van der Waals surface area contributed by atoms with Crippen LogP contribution in [0.15, 0.2) is 18.2 Å². The molecule has 0 aliphatic heterocycles. The molecule has 0 spiro atoms. The van der Waals surface area contributed by atoms with Crippen LogP contribution in [0, 0.1) is 6.92 Å². The SMILES string of the molecule is CCCCNc1cc([C@@H](C)N(CCCC)C(=O)OC(C)(C)C)ccc1C. The summed E-state index contributed by atoms with van der Waals surface area (Å²) < 4.78 is 5.64. The van der Waals surface area contributed by atoms with Crippen molar-refractivity contribution in [1.82, 2.24) is 4.90 Å². The molecular weight excluding hydrogens is 324 g/mol. The maximum absolute atomic E-state index is 12.7. The average molecular weight is 363 g/mol. The lowest BCUT2D eigenvalue weighted by Crippen LogP contribution is -2.39. The van der Waals surface area contributed by atoms with E-state index >= 15 is 0 Å². The van der Waals surface area contributed by atoms with Crippen molar-refractivity contribution < 1.29 is 9.53 Å². The van der Waals surface area contributed by atoms with Crippen molar-refractivity contribution in [2.75, 3.05) is 18.4 Å². The van der Waals surface area contributed by atoms with E-state index in [0.29, 0.717) is 6.54 Å². The first-order chi connectivity index (χ1) is 12.2. The molecule has 0 aliphatic carbocycles. The van der Waals surface area contributed by atoms with Crippen LogP contribution in [0.4, 0.5) is 10.5 Å². The number of amides is 1. The number of ether oxygens (including phenoxy) is 1. The highest BCUT2D eigenvalue weighted by molar-refractivity contribution is 5.69. The number of aryl methyl sites for hydroxylation is 1. The van der Waals surface area contributed by atoms with Gasteiger partial charge in [0.25, 0.3) is 0 Å². The Morgan fingerprint density at radius 1 is 1.19 bits per heavy atom. The van der Waals surface area contributed by atoms with E-state index in [1.165, 1.54) is 12.0 Å². The molecule has 148 valence electrons. The van der Waals surface area contributed by atoms with Gasteiger partial charge in [-0.2, -0.15) is 0 Å². The van der Waals surface area contributed by atoms with E-state index in [-0.39, 0.29) is 12.1 Å². The van der Waals surface area contributed by atoms with Crippen LogP contribution in [0.1, 0.15) is 84.4 Å². The van der Waals surface area contributed by atoms with Crippen LogP contribution in [0.3, 0.4) is 0 Å². The van der Waals surface area contributed by atoms with E-state index < -0.39 is 5.60 Å². The topological polar surface area (TPSA) is 41.6 Å². The van der Waals surface area contributed by atoms with Gasteiger partial charge in [-0.3, -0.25) is 0 Å². The number of unbranched alkanes of at least 4 members (excludes halogenated alkanes) is 2. The summed E-state index contributed by atoms with van der Waals surface area (Å²) in [6, 6.07) is 6.41. The number of nitrogens with zero attached hydrogens (tertiary/aromatic N) is 1. The molecule has 1 aromatic rings. The maximum atomic E-state index is 12.7. The van der Waals surface area contributed by atoms with Gasteiger partial charge in [0.15, 0.2) is 0 Å². The van der Waals surface area contributed by atoms with E-state index in [2.05, 4.69) is 51.2 Å². The van der Waals surface area contributed by atoms with Crippen molar-refractivity contribution in [2.45, 2.75) is 85.8 Å². The van der Waals surface area contributed by atoms with Gasteiger partial charge in [0, 0.05) is 18.8 Å². The maximum Gasteiger partial charge on any atom is 0.410 e. The van der Waals surface area contributed by atoms with E-state index in [1.54, 1.807) is 0 Å². The molecule has 1 rings (SSSR count). The van der Waals surface area contributed by atoms with Gasteiger partial charge in [0.05, 0.1) is 6.04 Å². The Bertz CT molecular complexity index is 564. The summed E-state index contributed by atoms with van der Waals surface area (Å²) in [5, 5.41) is 3.52. The third-order valence-electron chi connectivity index (χ3n) is 4.44. The summed E-state index contributed by atoms with van der Waals surface area (Å²) in [6.45, 7) is 15.9. The average Bonchev–Trinajstić information content (AvgIpc) is 2.55. The second-order valence-electron chi connectivity index (χ2n) is 8.06. The van der Waals surface area contributed by atoms with Crippen molar-refractivity contribution >= 4 is 11.8 Å². The minimum atomic E-state index is -0.485. The molecular formula is C22H38N2O2. The molecule has 0 fully saturated rings. The fourth-order valence-electron chi connectivity index (χ4n) is 2.76. The predicted molar refractivity (Wildman–Crippen MR) is 111 cm³/mol. The minimum absolute atomic E-state index is 0.0243. The van der Waals surface area contributed by atoms with E-state index in [9.17, 15) is 4.79 Å². The monoisotopic (exact) mass is 362 g/mol. The quantitative estimate of drug-likeness (QED) is 0.524. The van der Waals surface area contributed by atoms with E-state index in [1.807, 2.05) is 25.7 Å². The van der Waals surface area contributed by atoms with Gasteiger partial charge in [-0.15, -0.1) is 0 Å². The number of benzene rings is 1. The molecule has 1 N–H and O–H groups in total. The molecule has 1 amide bonds. The molecule has 0 aromatic heterocycles. The number of hydrogen-bond acceptors (Lipinski definition) is 3. The van der Waals surface area contributed by atoms with Gasteiger partial charge in [0.2, 0.25) is 0 Å². The molecule has 1 atom stereocenters. The summed E-state index contributed by atoms with van der Waals surface area (Å²) in [5.74, 6) is 0. The highest BCUT2D eigenvalue weighted by atomic mass is 16.6. The molecule has 0 bridgehead atoms. The third kappa shape index (κ3) is 7.27. The van der Waals surface area contributed by atoms with Crippen molar-refractivity contribution in [3.05, 3.63) is 29.3 Å². The third-order valence-corrected chi connectivity index (χ3v) is 4.44. The first-order valence-electron chi connectivity index (χ1n) is 10.0. The smallest absolute Gasteiger partial charge is 0.410 e. The summed E-state index contributed by atoms with van der Waals surface area (Å²) in [7, 11) is 0. The molecule has 0 radical (unpaired) electrons. The lowest BCUT2D eigenvalue weighted by atomic mass is 10.0. The van der Waals surface area contributed by atoms with Crippen molar-refractivity contribution in [3.63, 3.8) is 0 Å². The van der Waals surface area contributed by atoms with Crippen LogP contribution < -0.4 is 5.32 Å². The molecule has 4 nitrogen and oxygen atoms in total. The second-order valence-corrected chi connectivity index (χ2v) is 8.06. The normalized spacial score (nSPS) is 12.6. The number of carbonyl (C=O) groups excluding carboxylic acids is 1. The van der Waals surface area contributed by atoms with Gasteiger partial charge in [0.1, 0.15) is 5.60 Å². The minimum Gasteiger partial charge on any atom is -0.444 e. The first-order valence-corrected chi connectivity index (χ1v) is 10.0. The Morgan fingerprint density at radius 3 is 2.42 bits per heavy atom. The molecule has 26 heavy (non-hydrogen) atoms. The largest absolute Gasteiger partial charge is 0.444 e. The summed E-state index contributed by atoms with van der Waals surface area (Å²) in [4.78, 5) is 14.6. The predicted octanol–water partition coefficient (Wildman–Crippen LogP) is 6.31.